The lowest BCUT2D eigenvalue weighted by atomic mass is 9.85. The minimum atomic E-state index is -0.528. The number of carbonyl (C=O) groups is 1. The van der Waals surface area contributed by atoms with Gasteiger partial charge >= 0.3 is 0 Å². The summed E-state index contributed by atoms with van der Waals surface area (Å²) >= 11 is 0. The number of nitrogens with zero attached hydrogens (tertiary/aromatic N) is 3. The van der Waals surface area contributed by atoms with E-state index in [9.17, 15) is 14.3 Å². The number of carbonyl (C=O) groups excluding carboxylic acids is 1. The Morgan fingerprint density at radius 3 is 2.92 bits per heavy atom. The molecule has 24 heavy (non-hydrogen) atoms. The molecule has 2 saturated carbocycles. The molecule has 7 heteroatoms. The fourth-order valence-corrected chi connectivity index (χ4v) is 4.30. The average molecular weight is 330 g/mol. The van der Waals surface area contributed by atoms with Gasteiger partial charge in [0.15, 0.2) is 0 Å². The third-order valence-electron chi connectivity index (χ3n) is 5.47. The van der Waals surface area contributed by atoms with Crippen LogP contribution in [0.25, 0.3) is 5.69 Å². The number of amides is 1. The number of fused-ring (bicyclic) bond motifs is 2. The van der Waals surface area contributed by atoms with Crippen LogP contribution in [0, 0.1) is 23.6 Å². The molecule has 1 aromatic heterocycles. The highest BCUT2D eigenvalue weighted by molar-refractivity contribution is 5.94. The lowest BCUT2D eigenvalue weighted by Gasteiger charge is -2.30. The van der Waals surface area contributed by atoms with Crippen molar-refractivity contribution in [2.45, 2.75) is 25.3 Å². The third-order valence-corrected chi connectivity index (χ3v) is 5.47. The first-order chi connectivity index (χ1) is 11.7. The molecule has 0 saturated heterocycles. The zero-order chi connectivity index (χ0) is 16.7. The van der Waals surface area contributed by atoms with Gasteiger partial charge in [0, 0.05) is 24.1 Å². The number of halogens is 1. The summed E-state index contributed by atoms with van der Waals surface area (Å²) in [4.78, 5) is 16.3. The Kier molecular flexibility index (Phi) is 3.80. The molecule has 4 rings (SSSR count). The number of aliphatic hydroxyl groups excluding tert-OH is 1. The van der Waals surface area contributed by atoms with Gasteiger partial charge in [0.05, 0.1) is 0 Å². The Balaban J connectivity index is 1.52. The third kappa shape index (κ3) is 2.49. The summed E-state index contributed by atoms with van der Waals surface area (Å²) in [5.41, 5.74) is 0.521. The topological polar surface area (TPSA) is 80.0 Å². The summed E-state index contributed by atoms with van der Waals surface area (Å²) in [6.07, 6.45) is 6.01. The Hall–Kier alpha value is -2.28. The zero-order valence-corrected chi connectivity index (χ0v) is 13.1. The van der Waals surface area contributed by atoms with Crippen LogP contribution in [-0.2, 0) is 0 Å². The van der Waals surface area contributed by atoms with Gasteiger partial charge in [0.1, 0.15) is 24.2 Å². The normalized spacial score (nSPS) is 28.2. The molecule has 1 heterocycles. The predicted molar refractivity (Wildman–Crippen MR) is 84.0 cm³/mol. The van der Waals surface area contributed by atoms with E-state index in [-0.39, 0.29) is 35.7 Å². The SMILES string of the molecule is O=C(NC1C2CCC(C2)C1CO)c1ccc(-n2cncn2)c(F)c1. The summed E-state index contributed by atoms with van der Waals surface area (Å²) in [6, 6.07) is 4.30. The summed E-state index contributed by atoms with van der Waals surface area (Å²) in [7, 11) is 0. The zero-order valence-electron chi connectivity index (χ0n) is 13.1. The average Bonchev–Trinajstić information content (AvgIpc) is 3.31. The first-order valence-corrected chi connectivity index (χ1v) is 8.23. The first-order valence-electron chi connectivity index (χ1n) is 8.23. The first kappa shape index (κ1) is 15.3. The van der Waals surface area contributed by atoms with E-state index >= 15 is 0 Å². The Labute approximate surface area is 138 Å². The molecule has 2 fully saturated rings. The highest BCUT2D eigenvalue weighted by Gasteiger charge is 2.47. The van der Waals surface area contributed by atoms with Crippen molar-refractivity contribution < 1.29 is 14.3 Å². The van der Waals surface area contributed by atoms with Crippen LogP contribution in [0.2, 0.25) is 0 Å². The Morgan fingerprint density at radius 2 is 2.21 bits per heavy atom. The second-order valence-electron chi connectivity index (χ2n) is 6.69. The van der Waals surface area contributed by atoms with Crippen LogP contribution in [-0.4, -0.2) is 38.4 Å². The van der Waals surface area contributed by atoms with E-state index in [1.54, 1.807) is 6.07 Å². The molecule has 0 aliphatic heterocycles. The number of hydrogen-bond acceptors (Lipinski definition) is 4. The maximum atomic E-state index is 14.3. The van der Waals surface area contributed by atoms with Gasteiger partial charge < -0.3 is 10.4 Å². The maximum Gasteiger partial charge on any atom is 0.251 e. The molecule has 126 valence electrons. The van der Waals surface area contributed by atoms with E-state index in [0.717, 1.165) is 19.3 Å². The molecule has 2 N–H and O–H groups in total. The Bertz CT molecular complexity index is 749. The Morgan fingerprint density at radius 1 is 1.38 bits per heavy atom. The smallest absolute Gasteiger partial charge is 0.251 e. The molecule has 2 bridgehead atoms. The minimum Gasteiger partial charge on any atom is -0.396 e. The van der Waals surface area contributed by atoms with E-state index in [0.29, 0.717) is 11.8 Å². The van der Waals surface area contributed by atoms with E-state index in [4.69, 9.17) is 0 Å². The van der Waals surface area contributed by atoms with Crippen LogP contribution in [0.4, 0.5) is 4.39 Å². The summed E-state index contributed by atoms with van der Waals surface area (Å²) in [6.45, 7) is 0.0890. The van der Waals surface area contributed by atoms with Crippen LogP contribution in [0.15, 0.2) is 30.9 Å². The van der Waals surface area contributed by atoms with Crippen LogP contribution >= 0.6 is 0 Å². The quantitative estimate of drug-likeness (QED) is 0.891. The lowest BCUT2D eigenvalue weighted by molar-refractivity contribution is 0.0861. The van der Waals surface area contributed by atoms with E-state index in [1.165, 1.54) is 29.5 Å². The summed E-state index contributed by atoms with van der Waals surface area (Å²) in [5, 5.41) is 16.5. The molecular weight excluding hydrogens is 311 g/mol. The maximum absolute atomic E-state index is 14.3. The standard InChI is InChI=1S/C17H19FN4O2/c18-14-6-12(3-4-15(14)22-9-19-8-20-22)17(24)21-16-11-2-1-10(5-11)13(16)7-23/h3-4,6,8-11,13,16,23H,1-2,5,7H2,(H,21,24). The number of benzene rings is 1. The molecule has 1 amide bonds. The number of aliphatic hydroxyl groups is 1. The summed E-state index contributed by atoms with van der Waals surface area (Å²) in [5.74, 6) is 0.217. The van der Waals surface area contributed by atoms with Gasteiger partial charge in [-0.2, -0.15) is 5.10 Å². The van der Waals surface area contributed by atoms with E-state index in [1.807, 2.05) is 0 Å². The molecule has 2 aliphatic rings. The minimum absolute atomic E-state index is 0.0145. The van der Waals surface area contributed by atoms with Gasteiger partial charge in [-0.05, 0) is 49.3 Å². The monoisotopic (exact) mass is 330 g/mol. The molecule has 0 radical (unpaired) electrons. The van der Waals surface area contributed by atoms with Crippen molar-refractivity contribution in [1.82, 2.24) is 20.1 Å². The van der Waals surface area contributed by atoms with E-state index < -0.39 is 5.82 Å². The second kappa shape index (κ2) is 5.98. The molecule has 2 aliphatic carbocycles. The van der Waals surface area contributed by atoms with Crippen molar-refractivity contribution in [3.05, 3.63) is 42.2 Å². The summed E-state index contributed by atoms with van der Waals surface area (Å²) < 4.78 is 15.6. The van der Waals surface area contributed by atoms with Crippen molar-refractivity contribution in [3.8, 4) is 5.69 Å². The number of rotatable bonds is 4. The molecule has 6 nitrogen and oxygen atoms in total. The van der Waals surface area contributed by atoms with Crippen LogP contribution < -0.4 is 5.32 Å². The fourth-order valence-electron chi connectivity index (χ4n) is 4.30. The molecule has 1 aromatic carbocycles. The lowest BCUT2D eigenvalue weighted by Crippen LogP contribution is -2.45. The van der Waals surface area contributed by atoms with Crippen LogP contribution in [0.5, 0.6) is 0 Å². The predicted octanol–water partition coefficient (Wildman–Crippen LogP) is 1.54. The van der Waals surface area contributed by atoms with Crippen molar-refractivity contribution in [2.75, 3.05) is 6.61 Å². The van der Waals surface area contributed by atoms with Crippen LogP contribution in [0.1, 0.15) is 29.6 Å². The van der Waals surface area contributed by atoms with Crippen molar-refractivity contribution >= 4 is 5.91 Å². The van der Waals surface area contributed by atoms with Crippen LogP contribution in [0.3, 0.4) is 0 Å². The molecular formula is C17H19FN4O2. The van der Waals surface area contributed by atoms with Gasteiger partial charge in [-0.3, -0.25) is 4.79 Å². The van der Waals surface area contributed by atoms with E-state index in [2.05, 4.69) is 15.4 Å². The molecule has 4 atom stereocenters. The van der Waals surface area contributed by atoms with Gasteiger partial charge in [-0.15, -0.1) is 0 Å². The molecule has 4 unspecified atom stereocenters. The number of aromatic nitrogens is 3. The van der Waals surface area contributed by atoms with Crippen molar-refractivity contribution in [3.63, 3.8) is 0 Å². The van der Waals surface area contributed by atoms with Gasteiger partial charge in [-0.25, -0.2) is 14.1 Å². The van der Waals surface area contributed by atoms with Crippen molar-refractivity contribution in [2.24, 2.45) is 17.8 Å². The second-order valence-corrected chi connectivity index (χ2v) is 6.69. The molecule has 2 aromatic rings. The largest absolute Gasteiger partial charge is 0.396 e. The fraction of sp³-hybridized carbons (Fsp3) is 0.471. The number of hydrogen-bond donors (Lipinski definition) is 2. The van der Waals surface area contributed by atoms with Gasteiger partial charge in [0.25, 0.3) is 5.91 Å². The van der Waals surface area contributed by atoms with Crippen molar-refractivity contribution in [1.29, 1.82) is 0 Å². The highest BCUT2D eigenvalue weighted by Crippen LogP contribution is 2.48. The van der Waals surface area contributed by atoms with Gasteiger partial charge in [-0.1, -0.05) is 0 Å². The highest BCUT2D eigenvalue weighted by atomic mass is 19.1. The van der Waals surface area contributed by atoms with Gasteiger partial charge in [0.2, 0.25) is 0 Å². The number of nitrogens with one attached hydrogen (secondary N) is 1. The molecule has 0 spiro atoms.